The molecule has 0 amide bonds. The molecule has 0 radical (unpaired) electrons. The van der Waals surface area contributed by atoms with Gasteiger partial charge in [0, 0.05) is 12.6 Å². The third kappa shape index (κ3) is 3.56. The van der Waals surface area contributed by atoms with E-state index in [9.17, 15) is 4.79 Å². The molecule has 0 aliphatic rings. The van der Waals surface area contributed by atoms with Crippen molar-refractivity contribution >= 4 is 21.6 Å². The van der Waals surface area contributed by atoms with E-state index < -0.39 is 0 Å². The first-order valence-corrected chi connectivity index (χ1v) is 6.95. The fraction of sp³-hybridized carbons (Fsp3) is 0.667. The van der Waals surface area contributed by atoms with Gasteiger partial charge in [0.2, 0.25) is 0 Å². The lowest BCUT2D eigenvalue weighted by molar-refractivity contribution is 0.564. The summed E-state index contributed by atoms with van der Waals surface area (Å²) in [4.78, 5) is 12.0. The molecule has 0 aromatic carbocycles. The van der Waals surface area contributed by atoms with Gasteiger partial charge in [-0.3, -0.25) is 4.79 Å². The molecule has 17 heavy (non-hydrogen) atoms. The number of hydrogen-bond donors (Lipinski definition) is 1. The summed E-state index contributed by atoms with van der Waals surface area (Å²) in [5.74, 6) is 0. The van der Waals surface area contributed by atoms with E-state index in [2.05, 4.69) is 40.2 Å². The van der Waals surface area contributed by atoms with Crippen LogP contribution in [-0.4, -0.2) is 15.8 Å². The summed E-state index contributed by atoms with van der Waals surface area (Å²) in [5.41, 5.74) is 0.721. The van der Waals surface area contributed by atoms with Gasteiger partial charge in [-0.1, -0.05) is 20.8 Å². The van der Waals surface area contributed by atoms with Gasteiger partial charge in [0.25, 0.3) is 5.56 Å². The minimum atomic E-state index is -0.0668. The summed E-state index contributed by atoms with van der Waals surface area (Å²) in [7, 11) is 0. The molecule has 1 heterocycles. The summed E-state index contributed by atoms with van der Waals surface area (Å²) in [6.45, 7) is 6.93. The fourth-order valence-corrected chi connectivity index (χ4v) is 2.07. The average Bonchev–Trinajstić information content (AvgIpc) is 2.34. The molecule has 0 fully saturated rings. The van der Waals surface area contributed by atoms with E-state index in [1.54, 1.807) is 6.20 Å². The lowest BCUT2D eigenvalue weighted by Crippen LogP contribution is -2.26. The van der Waals surface area contributed by atoms with E-state index in [1.807, 2.05) is 6.92 Å². The smallest absolute Gasteiger partial charge is 0.283 e. The molecule has 0 bridgehead atoms. The molecule has 0 aliphatic heterocycles. The number of anilines is 1. The van der Waals surface area contributed by atoms with Crippen LogP contribution in [0.15, 0.2) is 15.5 Å². The Morgan fingerprint density at radius 1 is 1.41 bits per heavy atom. The Hall–Kier alpha value is -0.840. The molecule has 1 aromatic heterocycles. The van der Waals surface area contributed by atoms with E-state index in [0.29, 0.717) is 17.1 Å². The zero-order chi connectivity index (χ0) is 12.8. The zero-order valence-electron chi connectivity index (χ0n) is 10.7. The van der Waals surface area contributed by atoms with Crippen molar-refractivity contribution in [3.05, 3.63) is 21.0 Å². The van der Waals surface area contributed by atoms with Gasteiger partial charge in [-0.05, 0) is 35.2 Å². The van der Waals surface area contributed by atoms with Crippen molar-refractivity contribution in [1.29, 1.82) is 0 Å². The highest BCUT2D eigenvalue weighted by atomic mass is 79.9. The van der Waals surface area contributed by atoms with E-state index in [-0.39, 0.29) is 5.56 Å². The highest BCUT2D eigenvalue weighted by Gasteiger charge is 2.11. The number of aryl methyl sites for hydroxylation is 1. The minimum absolute atomic E-state index is 0.0668. The van der Waals surface area contributed by atoms with Crippen molar-refractivity contribution in [1.82, 2.24) is 9.78 Å². The van der Waals surface area contributed by atoms with Gasteiger partial charge in [0.05, 0.1) is 11.9 Å². The molecule has 1 N–H and O–H groups in total. The van der Waals surface area contributed by atoms with Crippen LogP contribution in [0.5, 0.6) is 0 Å². The van der Waals surface area contributed by atoms with Crippen LogP contribution in [0, 0.1) is 0 Å². The van der Waals surface area contributed by atoms with E-state index in [1.165, 1.54) is 4.68 Å². The minimum Gasteiger partial charge on any atom is -0.380 e. The lowest BCUT2D eigenvalue weighted by atomic mass is 10.1. The molecule has 0 saturated heterocycles. The standard InChI is InChI=1S/C12H20BrN3O/c1-4-7-16-12(17)11(13)10(8-14-16)15-9(5-2)6-3/h8-9,15H,4-7H2,1-3H3. The third-order valence-corrected chi connectivity index (χ3v) is 3.53. The summed E-state index contributed by atoms with van der Waals surface area (Å²) < 4.78 is 2.06. The topological polar surface area (TPSA) is 46.9 Å². The first-order valence-electron chi connectivity index (χ1n) is 6.16. The van der Waals surface area contributed by atoms with Crippen LogP contribution >= 0.6 is 15.9 Å². The second kappa shape index (κ2) is 6.79. The third-order valence-electron chi connectivity index (χ3n) is 2.77. The first-order chi connectivity index (χ1) is 8.13. The molecule has 0 aliphatic carbocycles. The molecule has 0 saturated carbocycles. The van der Waals surface area contributed by atoms with Crippen molar-refractivity contribution < 1.29 is 0 Å². The predicted octanol–water partition coefficient (Wildman–Crippen LogP) is 3.02. The quantitative estimate of drug-likeness (QED) is 0.878. The van der Waals surface area contributed by atoms with Gasteiger partial charge in [0.1, 0.15) is 4.47 Å². The van der Waals surface area contributed by atoms with E-state index in [0.717, 1.165) is 24.9 Å². The van der Waals surface area contributed by atoms with Crippen molar-refractivity contribution in [2.75, 3.05) is 5.32 Å². The van der Waals surface area contributed by atoms with Gasteiger partial charge in [-0.15, -0.1) is 0 Å². The van der Waals surface area contributed by atoms with Crippen LogP contribution < -0.4 is 10.9 Å². The van der Waals surface area contributed by atoms with Crippen molar-refractivity contribution in [3.8, 4) is 0 Å². The second-order valence-corrected chi connectivity index (χ2v) is 4.85. The predicted molar refractivity (Wildman–Crippen MR) is 74.5 cm³/mol. The number of rotatable bonds is 6. The van der Waals surface area contributed by atoms with Gasteiger partial charge >= 0.3 is 0 Å². The monoisotopic (exact) mass is 301 g/mol. The molecular formula is C12H20BrN3O. The molecule has 0 spiro atoms. The lowest BCUT2D eigenvalue weighted by Gasteiger charge is -2.17. The van der Waals surface area contributed by atoms with E-state index >= 15 is 0 Å². The second-order valence-electron chi connectivity index (χ2n) is 4.06. The highest BCUT2D eigenvalue weighted by molar-refractivity contribution is 9.10. The fourth-order valence-electron chi connectivity index (χ4n) is 1.65. The summed E-state index contributed by atoms with van der Waals surface area (Å²) in [6.07, 6.45) is 4.68. The molecule has 0 atom stereocenters. The number of halogens is 1. The normalized spacial score (nSPS) is 10.9. The van der Waals surface area contributed by atoms with Crippen LogP contribution in [0.4, 0.5) is 5.69 Å². The number of aromatic nitrogens is 2. The van der Waals surface area contributed by atoms with Crippen molar-refractivity contribution in [3.63, 3.8) is 0 Å². The molecule has 5 heteroatoms. The number of nitrogens with one attached hydrogen (secondary N) is 1. The molecule has 1 rings (SSSR count). The molecule has 4 nitrogen and oxygen atoms in total. The van der Waals surface area contributed by atoms with Crippen molar-refractivity contribution in [2.24, 2.45) is 0 Å². The average molecular weight is 302 g/mol. The van der Waals surface area contributed by atoms with Crippen LogP contribution in [0.25, 0.3) is 0 Å². The Labute approximate surface area is 111 Å². The molecule has 96 valence electrons. The Balaban J connectivity index is 2.96. The Bertz CT molecular complexity index is 413. The zero-order valence-corrected chi connectivity index (χ0v) is 12.2. The highest BCUT2D eigenvalue weighted by Crippen LogP contribution is 2.18. The van der Waals surface area contributed by atoms with Crippen LogP contribution in [0.2, 0.25) is 0 Å². The van der Waals surface area contributed by atoms with Crippen LogP contribution in [-0.2, 0) is 6.54 Å². The van der Waals surface area contributed by atoms with Gasteiger partial charge in [0.15, 0.2) is 0 Å². The van der Waals surface area contributed by atoms with Gasteiger partial charge < -0.3 is 5.32 Å². The summed E-state index contributed by atoms with van der Waals surface area (Å²) in [6, 6.07) is 0.384. The molecular weight excluding hydrogens is 282 g/mol. The maximum Gasteiger partial charge on any atom is 0.283 e. The van der Waals surface area contributed by atoms with Crippen molar-refractivity contribution in [2.45, 2.75) is 52.6 Å². The number of nitrogens with zero attached hydrogens (tertiary/aromatic N) is 2. The summed E-state index contributed by atoms with van der Waals surface area (Å²) in [5, 5.41) is 7.50. The molecule has 1 aromatic rings. The Morgan fingerprint density at radius 3 is 2.59 bits per heavy atom. The van der Waals surface area contributed by atoms with Gasteiger partial charge in [-0.2, -0.15) is 5.10 Å². The summed E-state index contributed by atoms with van der Waals surface area (Å²) >= 11 is 3.35. The van der Waals surface area contributed by atoms with E-state index in [4.69, 9.17) is 0 Å². The van der Waals surface area contributed by atoms with Crippen LogP contribution in [0.1, 0.15) is 40.0 Å². The Morgan fingerprint density at radius 2 is 2.06 bits per heavy atom. The SMILES string of the molecule is CCCn1ncc(NC(CC)CC)c(Br)c1=O. The first kappa shape index (κ1) is 14.2. The Kier molecular flexibility index (Phi) is 5.68. The van der Waals surface area contributed by atoms with Gasteiger partial charge in [-0.25, -0.2) is 4.68 Å². The maximum atomic E-state index is 12.0. The number of hydrogen-bond acceptors (Lipinski definition) is 3. The largest absolute Gasteiger partial charge is 0.380 e. The molecule has 0 unspecified atom stereocenters. The maximum absolute atomic E-state index is 12.0. The van der Waals surface area contributed by atoms with Crippen LogP contribution in [0.3, 0.4) is 0 Å².